The lowest BCUT2D eigenvalue weighted by atomic mass is 10.0. The molecule has 1 aliphatic rings. The fourth-order valence-corrected chi connectivity index (χ4v) is 1.73. The monoisotopic (exact) mass is 219 g/mol. The lowest BCUT2D eigenvalue weighted by Gasteiger charge is -2.13. The third-order valence-electron chi connectivity index (χ3n) is 2.51. The Bertz CT molecular complexity index is 411. The summed E-state index contributed by atoms with van der Waals surface area (Å²) in [4.78, 5) is 0. The highest BCUT2D eigenvalue weighted by Gasteiger charge is 2.18. The van der Waals surface area contributed by atoms with E-state index in [0.29, 0.717) is 0 Å². The van der Waals surface area contributed by atoms with Crippen LogP contribution in [0.1, 0.15) is 31.4 Å². The summed E-state index contributed by atoms with van der Waals surface area (Å²) in [7, 11) is 0. The zero-order valence-corrected chi connectivity index (χ0v) is 9.10. The molecular formula is C12H13NO3. The van der Waals surface area contributed by atoms with Crippen molar-refractivity contribution in [3.63, 3.8) is 0 Å². The van der Waals surface area contributed by atoms with Crippen molar-refractivity contribution in [2.75, 3.05) is 6.79 Å². The minimum atomic E-state index is -0.190. The minimum absolute atomic E-state index is 0.190. The van der Waals surface area contributed by atoms with E-state index >= 15 is 0 Å². The van der Waals surface area contributed by atoms with Crippen molar-refractivity contribution in [2.45, 2.75) is 25.9 Å². The molecular weight excluding hydrogens is 206 g/mol. The molecule has 0 saturated heterocycles. The van der Waals surface area contributed by atoms with E-state index in [1.54, 1.807) is 6.26 Å². The van der Waals surface area contributed by atoms with Crippen molar-refractivity contribution < 1.29 is 14.2 Å². The van der Waals surface area contributed by atoms with Crippen LogP contribution in [0, 0.1) is 11.5 Å². The Morgan fingerprint density at radius 1 is 1.44 bits per heavy atom. The van der Waals surface area contributed by atoms with E-state index in [0.717, 1.165) is 29.9 Å². The van der Waals surface area contributed by atoms with Gasteiger partial charge in [0, 0.05) is 0 Å². The molecule has 84 valence electrons. The summed E-state index contributed by atoms with van der Waals surface area (Å²) in [6.45, 7) is 2.32. The average molecular weight is 219 g/mol. The molecule has 0 N–H and O–H groups in total. The van der Waals surface area contributed by atoms with E-state index < -0.39 is 0 Å². The fraction of sp³-hybridized carbons (Fsp3) is 0.417. The molecule has 1 atom stereocenters. The number of fused-ring (bicyclic) bond motifs is 1. The van der Waals surface area contributed by atoms with Crippen molar-refractivity contribution in [2.24, 2.45) is 0 Å². The topological polar surface area (TPSA) is 51.5 Å². The van der Waals surface area contributed by atoms with Crippen LogP contribution in [-0.2, 0) is 4.74 Å². The number of hydrogen-bond donors (Lipinski definition) is 0. The number of benzene rings is 1. The zero-order valence-electron chi connectivity index (χ0n) is 9.10. The Morgan fingerprint density at radius 3 is 3.00 bits per heavy atom. The van der Waals surface area contributed by atoms with Crippen LogP contribution >= 0.6 is 0 Å². The van der Waals surface area contributed by atoms with E-state index in [1.165, 1.54) is 0 Å². The maximum atomic E-state index is 8.59. The van der Waals surface area contributed by atoms with Gasteiger partial charge in [0.25, 0.3) is 6.26 Å². The summed E-state index contributed by atoms with van der Waals surface area (Å²) in [6.07, 6.45) is 3.33. The van der Waals surface area contributed by atoms with Crippen molar-refractivity contribution >= 4 is 0 Å². The van der Waals surface area contributed by atoms with Crippen molar-refractivity contribution in [1.82, 2.24) is 0 Å². The summed E-state index contributed by atoms with van der Waals surface area (Å²) in [6, 6.07) is 5.63. The summed E-state index contributed by atoms with van der Waals surface area (Å²) < 4.78 is 15.5. The standard InChI is InChI=1S/C12H13NO3/c1-2-3-10(14-7-13)9-4-5-11-12(6-9)16-8-15-11/h4-6,10H,2-3,8H2,1H3. The molecule has 1 aliphatic heterocycles. The van der Waals surface area contributed by atoms with Gasteiger partial charge in [-0.15, -0.1) is 0 Å². The van der Waals surface area contributed by atoms with Gasteiger partial charge in [-0.2, -0.15) is 5.26 Å². The molecule has 4 nitrogen and oxygen atoms in total. The van der Waals surface area contributed by atoms with Gasteiger partial charge in [-0.1, -0.05) is 19.4 Å². The van der Waals surface area contributed by atoms with Gasteiger partial charge < -0.3 is 14.2 Å². The van der Waals surface area contributed by atoms with Crippen LogP contribution in [0.25, 0.3) is 0 Å². The number of ether oxygens (including phenoxy) is 3. The summed E-state index contributed by atoms with van der Waals surface area (Å²) in [5.74, 6) is 1.47. The van der Waals surface area contributed by atoms with Crippen LogP contribution < -0.4 is 9.47 Å². The first-order valence-corrected chi connectivity index (χ1v) is 5.29. The van der Waals surface area contributed by atoms with Crippen molar-refractivity contribution in [1.29, 1.82) is 5.26 Å². The second kappa shape index (κ2) is 4.75. The quantitative estimate of drug-likeness (QED) is 0.730. The number of hydrogen-bond acceptors (Lipinski definition) is 4. The Morgan fingerprint density at radius 2 is 2.25 bits per heavy atom. The fourth-order valence-electron chi connectivity index (χ4n) is 1.73. The Hall–Kier alpha value is -1.89. The lowest BCUT2D eigenvalue weighted by molar-refractivity contribution is 0.152. The molecule has 0 radical (unpaired) electrons. The maximum Gasteiger partial charge on any atom is 0.286 e. The molecule has 0 saturated carbocycles. The smallest absolute Gasteiger partial charge is 0.286 e. The molecule has 16 heavy (non-hydrogen) atoms. The SMILES string of the molecule is CCCC(OC#N)c1ccc2c(c1)OCO2. The van der Waals surface area contributed by atoms with Gasteiger partial charge in [0.05, 0.1) is 0 Å². The Balaban J connectivity index is 2.21. The summed E-state index contributed by atoms with van der Waals surface area (Å²) in [5.41, 5.74) is 0.952. The van der Waals surface area contributed by atoms with Crippen LogP contribution in [-0.4, -0.2) is 6.79 Å². The predicted molar refractivity (Wildman–Crippen MR) is 56.9 cm³/mol. The molecule has 1 heterocycles. The lowest BCUT2D eigenvalue weighted by Crippen LogP contribution is -2.00. The first-order chi connectivity index (χ1) is 7.85. The van der Waals surface area contributed by atoms with Crippen molar-refractivity contribution in [3.8, 4) is 17.8 Å². The molecule has 0 bridgehead atoms. The molecule has 1 aromatic rings. The first-order valence-electron chi connectivity index (χ1n) is 5.29. The van der Waals surface area contributed by atoms with Gasteiger partial charge in [0.15, 0.2) is 11.5 Å². The number of nitrogens with zero attached hydrogens (tertiary/aromatic N) is 1. The third-order valence-corrected chi connectivity index (χ3v) is 2.51. The molecule has 0 spiro atoms. The van der Waals surface area contributed by atoms with E-state index in [9.17, 15) is 0 Å². The van der Waals surface area contributed by atoms with Crippen molar-refractivity contribution in [3.05, 3.63) is 23.8 Å². The van der Waals surface area contributed by atoms with Gasteiger partial charge >= 0.3 is 0 Å². The van der Waals surface area contributed by atoms with Crippen LogP contribution in [0.2, 0.25) is 0 Å². The Kier molecular flexibility index (Phi) is 3.16. The second-order valence-corrected chi connectivity index (χ2v) is 3.60. The second-order valence-electron chi connectivity index (χ2n) is 3.60. The van der Waals surface area contributed by atoms with Crippen LogP contribution in [0.3, 0.4) is 0 Å². The largest absolute Gasteiger partial charge is 0.454 e. The highest BCUT2D eigenvalue weighted by molar-refractivity contribution is 5.45. The first kappa shape index (κ1) is 10.6. The van der Waals surface area contributed by atoms with Gasteiger partial charge in [-0.25, -0.2) is 0 Å². The van der Waals surface area contributed by atoms with Crippen LogP contribution in [0.4, 0.5) is 0 Å². The molecule has 1 unspecified atom stereocenters. The molecule has 2 rings (SSSR count). The third kappa shape index (κ3) is 2.03. The van der Waals surface area contributed by atoms with E-state index in [2.05, 4.69) is 6.92 Å². The molecule has 4 heteroatoms. The molecule has 0 aromatic heterocycles. The van der Waals surface area contributed by atoms with Crippen LogP contribution in [0.5, 0.6) is 11.5 Å². The van der Waals surface area contributed by atoms with Gasteiger partial charge in [-0.05, 0) is 24.1 Å². The van der Waals surface area contributed by atoms with Crippen LogP contribution in [0.15, 0.2) is 18.2 Å². The summed E-state index contributed by atoms with van der Waals surface area (Å²) in [5, 5.41) is 8.59. The maximum absolute atomic E-state index is 8.59. The number of rotatable bonds is 4. The molecule has 0 fully saturated rings. The zero-order chi connectivity index (χ0) is 11.4. The van der Waals surface area contributed by atoms with E-state index in [-0.39, 0.29) is 12.9 Å². The molecule has 0 aliphatic carbocycles. The number of nitriles is 1. The molecule has 0 amide bonds. The summed E-state index contributed by atoms with van der Waals surface area (Å²) >= 11 is 0. The minimum Gasteiger partial charge on any atom is -0.454 e. The van der Waals surface area contributed by atoms with Gasteiger partial charge in [0.1, 0.15) is 6.10 Å². The van der Waals surface area contributed by atoms with E-state index in [1.807, 2.05) is 18.2 Å². The average Bonchev–Trinajstić information content (AvgIpc) is 2.75. The van der Waals surface area contributed by atoms with Gasteiger partial charge in [-0.3, -0.25) is 0 Å². The van der Waals surface area contributed by atoms with E-state index in [4.69, 9.17) is 19.5 Å². The predicted octanol–water partition coefficient (Wildman–Crippen LogP) is 2.75. The molecule has 1 aromatic carbocycles. The normalized spacial score (nSPS) is 14.2. The Labute approximate surface area is 94.3 Å². The highest BCUT2D eigenvalue weighted by Crippen LogP contribution is 2.35. The van der Waals surface area contributed by atoms with Gasteiger partial charge in [0.2, 0.25) is 6.79 Å². The highest BCUT2D eigenvalue weighted by atomic mass is 16.7.